The van der Waals surface area contributed by atoms with Crippen molar-refractivity contribution >= 4 is 5.95 Å². The molecule has 0 aromatic carbocycles. The van der Waals surface area contributed by atoms with Gasteiger partial charge in [-0.2, -0.15) is 14.9 Å². The van der Waals surface area contributed by atoms with Gasteiger partial charge in [0, 0.05) is 19.3 Å². The monoisotopic (exact) mass is 299 g/mol. The van der Waals surface area contributed by atoms with Crippen LogP contribution in [0.3, 0.4) is 0 Å². The Kier molecular flexibility index (Phi) is 4.00. The molecule has 0 bridgehead atoms. The van der Waals surface area contributed by atoms with E-state index in [0.29, 0.717) is 36.4 Å². The summed E-state index contributed by atoms with van der Waals surface area (Å²) in [4.78, 5) is 10.9. The number of morpholine rings is 1. The number of nitriles is 1. The van der Waals surface area contributed by atoms with Crippen LogP contribution < -0.4 is 10.6 Å². The van der Waals surface area contributed by atoms with E-state index in [4.69, 9.17) is 15.7 Å². The largest absolute Gasteiger partial charge is 0.378 e. The van der Waals surface area contributed by atoms with E-state index in [0.717, 1.165) is 13.1 Å². The van der Waals surface area contributed by atoms with Crippen molar-refractivity contribution < 1.29 is 4.74 Å². The highest BCUT2D eigenvalue weighted by molar-refractivity contribution is 5.36. The maximum atomic E-state index is 8.85. The average molecular weight is 299 g/mol. The fraction of sp³-hybridized carbons (Fsp3) is 0.429. The van der Waals surface area contributed by atoms with Gasteiger partial charge in [-0.3, -0.25) is 0 Å². The number of pyridine rings is 1. The van der Waals surface area contributed by atoms with Gasteiger partial charge in [-0.05, 0) is 19.1 Å². The lowest BCUT2D eigenvalue weighted by molar-refractivity contribution is 0.122. The van der Waals surface area contributed by atoms with Gasteiger partial charge < -0.3 is 15.4 Å². The fourth-order valence-electron chi connectivity index (χ4n) is 2.25. The second-order valence-corrected chi connectivity index (χ2v) is 5.09. The van der Waals surface area contributed by atoms with E-state index in [1.807, 2.05) is 13.0 Å². The van der Waals surface area contributed by atoms with E-state index in [2.05, 4.69) is 20.0 Å². The molecule has 114 valence electrons. The molecule has 22 heavy (non-hydrogen) atoms. The molecule has 8 nitrogen and oxygen atoms in total. The molecule has 0 aliphatic carbocycles. The van der Waals surface area contributed by atoms with Crippen LogP contribution in [0.4, 0.5) is 5.95 Å². The van der Waals surface area contributed by atoms with E-state index in [9.17, 15) is 0 Å². The topological polar surface area (TPSA) is 106 Å². The van der Waals surface area contributed by atoms with Crippen LogP contribution in [-0.2, 0) is 4.74 Å². The lowest BCUT2D eigenvalue weighted by Crippen LogP contribution is -2.37. The SMILES string of the molecule is C[C@H](N)c1nc(N2CCOCC2)nn1-c1ccc(C#N)cn1. The maximum absolute atomic E-state index is 8.85. The molecule has 0 amide bonds. The zero-order valence-electron chi connectivity index (χ0n) is 12.3. The summed E-state index contributed by atoms with van der Waals surface area (Å²) in [6.45, 7) is 4.69. The van der Waals surface area contributed by atoms with Crippen LogP contribution in [-0.4, -0.2) is 46.1 Å². The molecular formula is C14H17N7O. The average Bonchev–Trinajstić information content (AvgIpc) is 3.01. The first-order valence-electron chi connectivity index (χ1n) is 7.11. The number of rotatable bonds is 3. The Morgan fingerprint density at radius 3 is 2.73 bits per heavy atom. The van der Waals surface area contributed by atoms with Gasteiger partial charge in [-0.15, -0.1) is 5.10 Å². The third kappa shape index (κ3) is 2.77. The molecule has 0 radical (unpaired) electrons. The molecule has 0 spiro atoms. The van der Waals surface area contributed by atoms with Gasteiger partial charge in [0.25, 0.3) is 0 Å². The zero-order valence-corrected chi connectivity index (χ0v) is 12.3. The van der Waals surface area contributed by atoms with Gasteiger partial charge in [0.1, 0.15) is 6.07 Å². The Hall–Kier alpha value is -2.50. The molecule has 1 saturated heterocycles. The summed E-state index contributed by atoms with van der Waals surface area (Å²) in [5, 5.41) is 13.4. The molecule has 3 rings (SSSR count). The van der Waals surface area contributed by atoms with Gasteiger partial charge in [0.05, 0.1) is 24.8 Å². The molecule has 2 N–H and O–H groups in total. The lowest BCUT2D eigenvalue weighted by atomic mass is 10.3. The van der Waals surface area contributed by atoms with Crippen molar-refractivity contribution in [2.24, 2.45) is 5.73 Å². The zero-order chi connectivity index (χ0) is 15.5. The van der Waals surface area contributed by atoms with Crippen molar-refractivity contribution in [2.75, 3.05) is 31.2 Å². The first kappa shape index (κ1) is 14.4. The Balaban J connectivity index is 1.97. The first-order valence-corrected chi connectivity index (χ1v) is 7.11. The number of nitrogens with two attached hydrogens (primary N) is 1. The van der Waals surface area contributed by atoms with E-state index >= 15 is 0 Å². The highest BCUT2D eigenvalue weighted by Crippen LogP contribution is 2.18. The van der Waals surface area contributed by atoms with Crippen molar-refractivity contribution in [3.63, 3.8) is 0 Å². The quantitative estimate of drug-likeness (QED) is 0.873. The third-order valence-corrected chi connectivity index (χ3v) is 3.42. The minimum absolute atomic E-state index is 0.278. The number of aromatic nitrogens is 4. The molecule has 1 fully saturated rings. The van der Waals surface area contributed by atoms with Gasteiger partial charge in [0.15, 0.2) is 11.6 Å². The highest BCUT2D eigenvalue weighted by atomic mass is 16.5. The van der Waals surface area contributed by atoms with Gasteiger partial charge in [-0.1, -0.05) is 0 Å². The van der Waals surface area contributed by atoms with Crippen LogP contribution in [0.5, 0.6) is 0 Å². The summed E-state index contributed by atoms with van der Waals surface area (Å²) >= 11 is 0. The molecule has 2 aromatic heterocycles. The Morgan fingerprint density at radius 2 is 2.14 bits per heavy atom. The van der Waals surface area contributed by atoms with Crippen LogP contribution in [0.1, 0.15) is 24.4 Å². The number of nitrogens with zero attached hydrogens (tertiary/aromatic N) is 6. The molecule has 3 heterocycles. The number of anilines is 1. The maximum Gasteiger partial charge on any atom is 0.245 e. The smallest absolute Gasteiger partial charge is 0.245 e. The molecule has 8 heteroatoms. The molecule has 1 aliphatic heterocycles. The second-order valence-electron chi connectivity index (χ2n) is 5.09. The van der Waals surface area contributed by atoms with E-state index in [1.165, 1.54) is 6.20 Å². The standard InChI is InChI=1S/C14H17N7O/c1-10(16)13-18-14(20-4-6-22-7-5-20)19-21(13)12-3-2-11(8-15)9-17-12/h2-3,9-10H,4-7,16H2,1H3/t10-/m0/s1. The van der Waals surface area contributed by atoms with Gasteiger partial charge in [-0.25, -0.2) is 4.98 Å². The van der Waals surface area contributed by atoms with Crippen LogP contribution >= 0.6 is 0 Å². The van der Waals surface area contributed by atoms with Crippen LogP contribution in [0, 0.1) is 11.3 Å². The molecule has 1 atom stereocenters. The summed E-state index contributed by atoms with van der Waals surface area (Å²) < 4.78 is 6.98. The van der Waals surface area contributed by atoms with E-state index in [-0.39, 0.29) is 6.04 Å². The highest BCUT2D eigenvalue weighted by Gasteiger charge is 2.21. The lowest BCUT2D eigenvalue weighted by Gasteiger charge is -2.25. The molecular weight excluding hydrogens is 282 g/mol. The minimum Gasteiger partial charge on any atom is -0.378 e. The molecule has 0 unspecified atom stereocenters. The summed E-state index contributed by atoms with van der Waals surface area (Å²) in [6, 6.07) is 5.20. The van der Waals surface area contributed by atoms with Crippen LogP contribution in [0.15, 0.2) is 18.3 Å². The molecule has 1 aliphatic rings. The normalized spacial score (nSPS) is 16.3. The van der Waals surface area contributed by atoms with Crippen LogP contribution in [0.2, 0.25) is 0 Å². The van der Waals surface area contributed by atoms with Crippen LogP contribution in [0.25, 0.3) is 5.82 Å². The third-order valence-electron chi connectivity index (χ3n) is 3.42. The summed E-state index contributed by atoms with van der Waals surface area (Å²) in [7, 11) is 0. The fourth-order valence-corrected chi connectivity index (χ4v) is 2.25. The predicted octanol–water partition coefficient (Wildman–Crippen LogP) is 0.390. The van der Waals surface area contributed by atoms with Gasteiger partial charge >= 0.3 is 0 Å². The predicted molar refractivity (Wildman–Crippen MR) is 79.5 cm³/mol. The summed E-state index contributed by atoms with van der Waals surface area (Å²) in [6.07, 6.45) is 1.51. The number of hydrogen-bond acceptors (Lipinski definition) is 7. The van der Waals surface area contributed by atoms with E-state index in [1.54, 1.807) is 16.8 Å². The van der Waals surface area contributed by atoms with Crippen molar-refractivity contribution in [1.82, 2.24) is 19.7 Å². The number of ether oxygens (including phenoxy) is 1. The minimum atomic E-state index is -0.278. The summed E-state index contributed by atoms with van der Waals surface area (Å²) in [5.74, 6) is 1.86. The Morgan fingerprint density at radius 1 is 1.36 bits per heavy atom. The van der Waals surface area contributed by atoms with E-state index < -0.39 is 0 Å². The number of hydrogen-bond donors (Lipinski definition) is 1. The van der Waals surface area contributed by atoms with Crippen molar-refractivity contribution in [2.45, 2.75) is 13.0 Å². The van der Waals surface area contributed by atoms with Crippen molar-refractivity contribution in [3.05, 3.63) is 29.7 Å². The Labute approximate surface area is 128 Å². The van der Waals surface area contributed by atoms with Crippen molar-refractivity contribution in [1.29, 1.82) is 5.26 Å². The first-order chi connectivity index (χ1) is 10.7. The Bertz CT molecular complexity index is 680. The molecule has 0 saturated carbocycles. The second kappa shape index (κ2) is 6.09. The summed E-state index contributed by atoms with van der Waals surface area (Å²) in [5.41, 5.74) is 6.50. The molecule has 2 aromatic rings. The van der Waals surface area contributed by atoms with Crippen molar-refractivity contribution in [3.8, 4) is 11.9 Å². The van der Waals surface area contributed by atoms with Gasteiger partial charge in [0.2, 0.25) is 5.95 Å².